The lowest BCUT2D eigenvalue weighted by Crippen LogP contribution is -2.27. The fourth-order valence-electron chi connectivity index (χ4n) is 1.38. The van der Waals surface area contributed by atoms with Crippen LogP contribution >= 0.6 is 15.9 Å². The van der Waals surface area contributed by atoms with E-state index in [-0.39, 0.29) is 5.91 Å². The van der Waals surface area contributed by atoms with Crippen molar-refractivity contribution in [3.63, 3.8) is 0 Å². The Kier molecular flexibility index (Phi) is 3.79. The van der Waals surface area contributed by atoms with Crippen molar-refractivity contribution < 1.29 is 4.79 Å². The zero-order valence-corrected chi connectivity index (χ0v) is 8.93. The van der Waals surface area contributed by atoms with Gasteiger partial charge in [-0.3, -0.25) is 4.79 Å². The normalized spacial score (nSPS) is 17.0. The largest absolute Gasteiger partial charge is 0.319 e. The number of carbonyl (C=O) groups is 1. The number of hydrogen-bond acceptors (Lipinski definition) is 1. The molecule has 68 valence electrons. The summed E-state index contributed by atoms with van der Waals surface area (Å²) in [5.74, 6) is 0.142. The quantitative estimate of drug-likeness (QED) is 0.669. The maximum Gasteiger partial charge on any atom is 0.237 e. The third-order valence-electron chi connectivity index (χ3n) is 2.19. The van der Waals surface area contributed by atoms with E-state index in [2.05, 4.69) is 22.0 Å². The van der Waals surface area contributed by atoms with Crippen LogP contribution in [-0.4, -0.2) is 23.2 Å². The fraction of sp³-hybridized carbons (Fsp3) is 0.667. The molecule has 0 aliphatic heterocycles. The highest BCUT2D eigenvalue weighted by atomic mass is 79.9. The molecule has 0 N–H and O–H groups in total. The summed E-state index contributed by atoms with van der Waals surface area (Å²) < 4.78 is 0. The van der Waals surface area contributed by atoms with Crippen LogP contribution in [0.25, 0.3) is 0 Å². The molecule has 0 aromatic heterocycles. The molecule has 0 fully saturated rings. The Morgan fingerprint density at radius 2 is 2.42 bits per heavy atom. The van der Waals surface area contributed by atoms with E-state index in [1.807, 2.05) is 7.05 Å². The van der Waals surface area contributed by atoms with Crippen molar-refractivity contribution in [3.05, 3.63) is 11.8 Å². The van der Waals surface area contributed by atoms with Crippen molar-refractivity contribution in [2.24, 2.45) is 0 Å². The number of nitrogens with zero attached hydrogens (tertiary/aromatic N) is 1. The number of amides is 1. The molecule has 1 rings (SSSR count). The van der Waals surface area contributed by atoms with Gasteiger partial charge in [-0.2, -0.15) is 0 Å². The third kappa shape index (κ3) is 2.34. The molecule has 0 atom stereocenters. The molecule has 0 saturated carbocycles. The number of hydrogen-bond donors (Lipinski definition) is 0. The number of carbonyl (C=O) groups excluding carboxylic acids is 1. The Morgan fingerprint density at radius 1 is 1.67 bits per heavy atom. The highest BCUT2D eigenvalue weighted by Gasteiger charge is 2.13. The van der Waals surface area contributed by atoms with E-state index < -0.39 is 0 Å². The van der Waals surface area contributed by atoms with Crippen molar-refractivity contribution in [1.29, 1.82) is 0 Å². The lowest BCUT2D eigenvalue weighted by Gasteiger charge is -2.22. The molecule has 0 heterocycles. The van der Waals surface area contributed by atoms with Crippen LogP contribution in [0.1, 0.15) is 25.7 Å². The molecule has 1 amide bonds. The van der Waals surface area contributed by atoms with Gasteiger partial charge in [0.25, 0.3) is 0 Å². The maximum absolute atomic E-state index is 11.2. The average Bonchev–Trinajstić information content (AvgIpc) is 2.17. The summed E-state index contributed by atoms with van der Waals surface area (Å²) in [7, 11) is 1.85. The Balaban J connectivity index is 2.56. The maximum atomic E-state index is 11.2. The van der Waals surface area contributed by atoms with Gasteiger partial charge in [0.1, 0.15) is 0 Å². The zero-order valence-electron chi connectivity index (χ0n) is 7.35. The Bertz CT molecular complexity index is 201. The van der Waals surface area contributed by atoms with E-state index in [0.717, 1.165) is 12.8 Å². The molecule has 0 spiro atoms. The summed E-state index contributed by atoms with van der Waals surface area (Å²) in [6.45, 7) is 0. The number of halogens is 1. The first kappa shape index (κ1) is 9.78. The summed E-state index contributed by atoms with van der Waals surface area (Å²) in [5, 5.41) is 0.417. The highest BCUT2D eigenvalue weighted by Crippen LogP contribution is 2.19. The monoisotopic (exact) mass is 231 g/mol. The lowest BCUT2D eigenvalue weighted by atomic mass is 10.0. The van der Waals surface area contributed by atoms with Gasteiger partial charge in [-0.1, -0.05) is 22.0 Å². The van der Waals surface area contributed by atoms with Gasteiger partial charge in [0.2, 0.25) is 5.91 Å². The smallest absolute Gasteiger partial charge is 0.237 e. The molecule has 1 aliphatic carbocycles. The van der Waals surface area contributed by atoms with Gasteiger partial charge in [0, 0.05) is 12.7 Å². The van der Waals surface area contributed by atoms with Crippen LogP contribution in [0, 0.1) is 0 Å². The van der Waals surface area contributed by atoms with Gasteiger partial charge < -0.3 is 4.90 Å². The standard InChI is InChI=1S/C9H14BrNO/c1-11(9(12)7-10)8-5-3-2-4-6-8/h5H,2-4,6-7H2,1H3. The molecule has 0 aromatic rings. The molecular formula is C9H14BrNO. The second-order valence-electron chi connectivity index (χ2n) is 3.03. The van der Waals surface area contributed by atoms with E-state index in [4.69, 9.17) is 0 Å². The van der Waals surface area contributed by atoms with Crippen molar-refractivity contribution in [2.45, 2.75) is 25.7 Å². The fourth-order valence-corrected chi connectivity index (χ4v) is 1.75. The van der Waals surface area contributed by atoms with Crippen LogP contribution < -0.4 is 0 Å². The number of allylic oxidation sites excluding steroid dienone is 2. The molecule has 0 unspecified atom stereocenters. The van der Waals surface area contributed by atoms with E-state index in [1.54, 1.807) is 4.90 Å². The zero-order chi connectivity index (χ0) is 8.97. The van der Waals surface area contributed by atoms with Crippen LogP contribution in [0.4, 0.5) is 0 Å². The van der Waals surface area contributed by atoms with E-state index in [9.17, 15) is 4.79 Å². The van der Waals surface area contributed by atoms with Crippen molar-refractivity contribution >= 4 is 21.8 Å². The summed E-state index contributed by atoms with van der Waals surface area (Å²) in [5.41, 5.74) is 1.19. The van der Waals surface area contributed by atoms with Crippen LogP contribution in [-0.2, 0) is 4.79 Å². The van der Waals surface area contributed by atoms with Gasteiger partial charge in [0.05, 0.1) is 5.33 Å². The van der Waals surface area contributed by atoms with Crippen molar-refractivity contribution in [3.8, 4) is 0 Å². The molecule has 0 saturated heterocycles. The number of rotatable bonds is 2. The van der Waals surface area contributed by atoms with Crippen molar-refractivity contribution in [2.75, 3.05) is 12.4 Å². The van der Waals surface area contributed by atoms with E-state index in [1.165, 1.54) is 18.5 Å². The molecule has 12 heavy (non-hydrogen) atoms. The molecule has 1 aliphatic rings. The van der Waals surface area contributed by atoms with Crippen molar-refractivity contribution in [1.82, 2.24) is 4.90 Å². The van der Waals surface area contributed by atoms with Gasteiger partial charge in [-0.05, 0) is 25.7 Å². The minimum Gasteiger partial charge on any atom is -0.319 e. The summed E-state index contributed by atoms with van der Waals surface area (Å²) in [4.78, 5) is 13.0. The van der Waals surface area contributed by atoms with Crippen LogP contribution in [0.15, 0.2) is 11.8 Å². The minimum atomic E-state index is 0.142. The van der Waals surface area contributed by atoms with Gasteiger partial charge in [-0.25, -0.2) is 0 Å². The van der Waals surface area contributed by atoms with Gasteiger partial charge in [-0.15, -0.1) is 0 Å². The highest BCUT2D eigenvalue weighted by molar-refractivity contribution is 9.09. The molecule has 0 radical (unpaired) electrons. The van der Waals surface area contributed by atoms with Gasteiger partial charge in [0.15, 0.2) is 0 Å². The average molecular weight is 232 g/mol. The van der Waals surface area contributed by atoms with Gasteiger partial charge >= 0.3 is 0 Å². The van der Waals surface area contributed by atoms with Crippen LogP contribution in [0.3, 0.4) is 0 Å². The SMILES string of the molecule is CN(C(=O)CBr)C1=CCCCC1. The Labute approximate surface area is 81.8 Å². The Hall–Kier alpha value is -0.310. The molecule has 0 aromatic carbocycles. The summed E-state index contributed by atoms with van der Waals surface area (Å²) >= 11 is 3.16. The first-order valence-corrected chi connectivity index (χ1v) is 5.39. The van der Waals surface area contributed by atoms with E-state index in [0.29, 0.717) is 5.33 Å². The first-order chi connectivity index (χ1) is 5.75. The molecule has 0 bridgehead atoms. The minimum absolute atomic E-state index is 0.142. The third-order valence-corrected chi connectivity index (χ3v) is 2.67. The predicted octanol–water partition coefficient (Wildman–Crippen LogP) is 2.30. The summed E-state index contributed by atoms with van der Waals surface area (Å²) in [6, 6.07) is 0. The van der Waals surface area contributed by atoms with E-state index >= 15 is 0 Å². The first-order valence-electron chi connectivity index (χ1n) is 4.27. The van der Waals surface area contributed by atoms with Crippen LogP contribution in [0.5, 0.6) is 0 Å². The second kappa shape index (κ2) is 4.65. The molecular weight excluding hydrogens is 218 g/mol. The lowest BCUT2D eigenvalue weighted by molar-refractivity contribution is -0.125. The molecule has 2 nitrogen and oxygen atoms in total. The second-order valence-corrected chi connectivity index (χ2v) is 3.59. The number of alkyl halides is 1. The molecule has 3 heteroatoms. The van der Waals surface area contributed by atoms with Crippen LogP contribution in [0.2, 0.25) is 0 Å². The predicted molar refractivity (Wildman–Crippen MR) is 53.1 cm³/mol. The summed E-state index contributed by atoms with van der Waals surface area (Å²) in [6.07, 6.45) is 6.82. The Morgan fingerprint density at radius 3 is 2.92 bits per heavy atom. The topological polar surface area (TPSA) is 20.3 Å².